The molecule has 0 saturated heterocycles. The van der Waals surface area contributed by atoms with E-state index in [-0.39, 0.29) is 11.7 Å². The third kappa shape index (κ3) is 4.13. The van der Waals surface area contributed by atoms with Crippen LogP contribution >= 0.6 is 0 Å². The summed E-state index contributed by atoms with van der Waals surface area (Å²) in [7, 11) is 1.58. The van der Waals surface area contributed by atoms with Crippen LogP contribution in [0.5, 0.6) is 23.0 Å². The predicted molar refractivity (Wildman–Crippen MR) is 100 cm³/mol. The monoisotopic (exact) mass is 349 g/mol. The first kappa shape index (κ1) is 17.4. The molecule has 5 nitrogen and oxygen atoms in total. The number of rotatable bonds is 5. The molecule has 0 aliphatic rings. The average molecular weight is 349 g/mol. The van der Waals surface area contributed by atoms with Gasteiger partial charge in [-0.15, -0.1) is 0 Å². The zero-order chi connectivity index (χ0) is 18.5. The van der Waals surface area contributed by atoms with E-state index in [9.17, 15) is 9.90 Å². The minimum atomic E-state index is -0.211. The second-order valence-electron chi connectivity index (χ2n) is 5.76. The van der Waals surface area contributed by atoms with Crippen molar-refractivity contribution in [2.45, 2.75) is 6.92 Å². The van der Waals surface area contributed by atoms with Gasteiger partial charge in [0.1, 0.15) is 23.0 Å². The number of hydrogen-bond acceptors (Lipinski definition) is 4. The summed E-state index contributed by atoms with van der Waals surface area (Å²) in [6, 6.07) is 18.8. The molecule has 3 aromatic rings. The Bertz CT molecular complexity index is 902. The Labute approximate surface area is 151 Å². The number of carbonyl (C=O) groups is 1. The lowest BCUT2D eigenvalue weighted by molar-refractivity contribution is 0.102. The molecule has 26 heavy (non-hydrogen) atoms. The minimum absolute atomic E-state index is 0.175. The van der Waals surface area contributed by atoms with Crippen LogP contribution in [0.25, 0.3) is 0 Å². The molecule has 3 aromatic carbocycles. The number of aryl methyl sites for hydroxylation is 1. The fourth-order valence-electron chi connectivity index (χ4n) is 2.39. The third-order valence-electron chi connectivity index (χ3n) is 3.88. The Morgan fingerprint density at radius 2 is 1.50 bits per heavy atom. The second kappa shape index (κ2) is 7.61. The number of nitrogens with one attached hydrogen (secondary N) is 1. The maximum absolute atomic E-state index is 12.5. The van der Waals surface area contributed by atoms with Crippen LogP contribution in [0.2, 0.25) is 0 Å². The zero-order valence-electron chi connectivity index (χ0n) is 14.5. The Morgan fingerprint density at radius 3 is 2.15 bits per heavy atom. The molecule has 0 aliphatic heterocycles. The van der Waals surface area contributed by atoms with E-state index in [1.54, 1.807) is 61.7 Å². The molecule has 0 radical (unpaired) electrons. The molecule has 0 unspecified atom stereocenters. The molecule has 0 heterocycles. The van der Waals surface area contributed by atoms with Gasteiger partial charge in [-0.2, -0.15) is 0 Å². The third-order valence-corrected chi connectivity index (χ3v) is 3.88. The van der Waals surface area contributed by atoms with Gasteiger partial charge in [0.25, 0.3) is 5.91 Å². The van der Waals surface area contributed by atoms with Gasteiger partial charge < -0.3 is 19.9 Å². The summed E-state index contributed by atoms with van der Waals surface area (Å²) >= 11 is 0. The summed E-state index contributed by atoms with van der Waals surface area (Å²) in [5.74, 6) is 1.85. The maximum atomic E-state index is 12.5. The molecule has 0 fully saturated rings. The lowest BCUT2D eigenvalue weighted by Crippen LogP contribution is -2.12. The predicted octanol–water partition coefficient (Wildman–Crippen LogP) is 4.75. The number of hydrogen-bond donors (Lipinski definition) is 2. The minimum Gasteiger partial charge on any atom is -0.508 e. The highest BCUT2D eigenvalue weighted by Crippen LogP contribution is 2.28. The van der Waals surface area contributed by atoms with Crippen LogP contribution in [-0.2, 0) is 0 Å². The number of phenols is 1. The van der Waals surface area contributed by atoms with Gasteiger partial charge in [-0.25, -0.2) is 0 Å². The number of methoxy groups -OCH3 is 1. The number of amides is 1. The van der Waals surface area contributed by atoms with E-state index in [1.807, 2.05) is 19.1 Å². The molecule has 0 spiro atoms. The van der Waals surface area contributed by atoms with Gasteiger partial charge in [0.05, 0.1) is 7.11 Å². The van der Waals surface area contributed by atoms with Crippen molar-refractivity contribution in [2.75, 3.05) is 12.4 Å². The second-order valence-corrected chi connectivity index (χ2v) is 5.76. The van der Waals surface area contributed by atoms with Crippen molar-refractivity contribution in [2.24, 2.45) is 0 Å². The van der Waals surface area contributed by atoms with Crippen LogP contribution in [0.3, 0.4) is 0 Å². The molecule has 132 valence electrons. The highest BCUT2D eigenvalue weighted by atomic mass is 16.5. The lowest BCUT2D eigenvalue weighted by Gasteiger charge is -2.12. The van der Waals surface area contributed by atoms with Gasteiger partial charge in [0.15, 0.2) is 0 Å². The summed E-state index contributed by atoms with van der Waals surface area (Å²) < 4.78 is 10.9. The van der Waals surface area contributed by atoms with Crippen molar-refractivity contribution < 1.29 is 19.4 Å². The Balaban J connectivity index is 1.76. The van der Waals surface area contributed by atoms with Crippen molar-refractivity contribution in [3.05, 3.63) is 77.9 Å². The van der Waals surface area contributed by atoms with Crippen LogP contribution in [0.1, 0.15) is 15.9 Å². The SMILES string of the molecule is COc1ccc(C(=O)Nc2cc(Oc3ccc(O)cc3)ccc2C)cc1. The molecule has 0 atom stereocenters. The van der Waals surface area contributed by atoms with Gasteiger partial charge in [-0.3, -0.25) is 4.79 Å². The van der Waals surface area contributed by atoms with Gasteiger partial charge in [0.2, 0.25) is 0 Å². The van der Waals surface area contributed by atoms with Gasteiger partial charge in [-0.1, -0.05) is 6.07 Å². The van der Waals surface area contributed by atoms with E-state index in [2.05, 4.69) is 5.32 Å². The number of benzene rings is 3. The van der Waals surface area contributed by atoms with E-state index >= 15 is 0 Å². The fraction of sp³-hybridized carbons (Fsp3) is 0.0952. The van der Waals surface area contributed by atoms with Gasteiger partial charge >= 0.3 is 0 Å². The molecule has 5 heteroatoms. The van der Waals surface area contributed by atoms with Crippen molar-refractivity contribution >= 4 is 11.6 Å². The van der Waals surface area contributed by atoms with Crippen LogP contribution in [0.4, 0.5) is 5.69 Å². The fourth-order valence-corrected chi connectivity index (χ4v) is 2.39. The molecule has 0 aromatic heterocycles. The first-order chi connectivity index (χ1) is 12.5. The number of phenolic OH excluding ortho intramolecular Hbond substituents is 1. The van der Waals surface area contributed by atoms with Crippen LogP contribution in [-0.4, -0.2) is 18.1 Å². The highest BCUT2D eigenvalue weighted by molar-refractivity contribution is 6.04. The summed E-state index contributed by atoms with van der Waals surface area (Å²) in [5, 5.41) is 12.2. The molecule has 1 amide bonds. The lowest BCUT2D eigenvalue weighted by atomic mass is 10.1. The van der Waals surface area contributed by atoms with E-state index < -0.39 is 0 Å². The van der Waals surface area contributed by atoms with Crippen molar-refractivity contribution in [1.82, 2.24) is 0 Å². The number of carbonyl (C=O) groups excluding carboxylic acids is 1. The van der Waals surface area contributed by atoms with Crippen LogP contribution < -0.4 is 14.8 Å². The molecule has 0 saturated carbocycles. The molecule has 2 N–H and O–H groups in total. The van der Waals surface area contributed by atoms with Gasteiger partial charge in [-0.05, 0) is 67.1 Å². The standard InChI is InChI=1S/C21H19NO4/c1-14-3-8-19(26-18-11-6-16(23)7-12-18)13-20(14)22-21(24)15-4-9-17(25-2)10-5-15/h3-13,23H,1-2H3,(H,22,24). The Hall–Kier alpha value is -3.47. The van der Waals surface area contributed by atoms with E-state index in [0.717, 1.165) is 5.56 Å². The normalized spacial score (nSPS) is 10.2. The highest BCUT2D eigenvalue weighted by Gasteiger charge is 2.09. The quantitative estimate of drug-likeness (QED) is 0.697. The molecule has 0 bridgehead atoms. The largest absolute Gasteiger partial charge is 0.508 e. The van der Waals surface area contributed by atoms with Crippen molar-refractivity contribution in [1.29, 1.82) is 0 Å². The number of anilines is 1. The van der Waals surface area contributed by atoms with E-state index in [0.29, 0.717) is 28.5 Å². The van der Waals surface area contributed by atoms with E-state index in [1.165, 1.54) is 0 Å². The summed E-state index contributed by atoms with van der Waals surface area (Å²) in [6.45, 7) is 1.91. The first-order valence-electron chi connectivity index (χ1n) is 8.08. The van der Waals surface area contributed by atoms with Crippen molar-refractivity contribution in [3.8, 4) is 23.0 Å². The topological polar surface area (TPSA) is 67.8 Å². The van der Waals surface area contributed by atoms with E-state index in [4.69, 9.17) is 9.47 Å². The Morgan fingerprint density at radius 1 is 0.885 bits per heavy atom. The zero-order valence-corrected chi connectivity index (χ0v) is 14.5. The first-order valence-corrected chi connectivity index (χ1v) is 8.08. The van der Waals surface area contributed by atoms with Gasteiger partial charge in [0, 0.05) is 17.3 Å². The summed E-state index contributed by atoms with van der Waals surface area (Å²) in [5.41, 5.74) is 2.13. The maximum Gasteiger partial charge on any atom is 0.255 e. The smallest absolute Gasteiger partial charge is 0.255 e. The average Bonchev–Trinajstić information content (AvgIpc) is 2.66. The van der Waals surface area contributed by atoms with Crippen LogP contribution in [0, 0.1) is 6.92 Å². The summed E-state index contributed by atoms with van der Waals surface area (Å²) in [4.78, 5) is 12.5. The molecular weight excluding hydrogens is 330 g/mol. The molecule has 3 rings (SSSR count). The van der Waals surface area contributed by atoms with Crippen LogP contribution in [0.15, 0.2) is 66.7 Å². The molecular formula is C21H19NO4. The number of aromatic hydroxyl groups is 1. The molecule has 0 aliphatic carbocycles. The Kier molecular flexibility index (Phi) is 5.08. The summed E-state index contributed by atoms with van der Waals surface area (Å²) in [6.07, 6.45) is 0. The van der Waals surface area contributed by atoms with Crippen molar-refractivity contribution in [3.63, 3.8) is 0 Å². The number of ether oxygens (including phenoxy) is 2.